The molecule has 1 fully saturated rings. The lowest BCUT2D eigenvalue weighted by atomic mass is 9.99. The van der Waals surface area contributed by atoms with E-state index in [0.717, 1.165) is 25.2 Å². The van der Waals surface area contributed by atoms with E-state index >= 15 is 0 Å². The molecule has 1 aromatic carbocycles. The van der Waals surface area contributed by atoms with Crippen molar-refractivity contribution in [3.05, 3.63) is 29.8 Å². The highest BCUT2D eigenvalue weighted by atomic mass is 16.3. The third-order valence-corrected chi connectivity index (χ3v) is 3.84. The van der Waals surface area contributed by atoms with Crippen LogP contribution < -0.4 is 5.32 Å². The molecule has 0 radical (unpaired) electrons. The van der Waals surface area contributed by atoms with Crippen molar-refractivity contribution in [2.75, 3.05) is 18.5 Å². The molecular weight excluding hydrogens is 252 g/mol. The maximum Gasteiger partial charge on any atom is 0.221 e. The van der Waals surface area contributed by atoms with Gasteiger partial charge in [0.05, 0.1) is 0 Å². The van der Waals surface area contributed by atoms with Crippen LogP contribution in [0.2, 0.25) is 0 Å². The van der Waals surface area contributed by atoms with E-state index in [0.29, 0.717) is 6.04 Å². The zero-order chi connectivity index (χ0) is 14.4. The Morgan fingerprint density at radius 2 is 2.30 bits per heavy atom. The Kier molecular flexibility index (Phi) is 5.56. The van der Waals surface area contributed by atoms with Gasteiger partial charge in [-0.05, 0) is 43.5 Å². The van der Waals surface area contributed by atoms with Crippen molar-refractivity contribution in [3.8, 4) is 0 Å². The van der Waals surface area contributed by atoms with Crippen molar-refractivity contribution >= 4 is 11.6 Å². The van der Waals surface area contributed by atoms with Gasteiger partial charge in [0.25, 0.3) is 0 Å². The van der Waals surface area contributed by atoms with E-state index in [4.69, 9.17) is 0 Å². The smallest absolute Gasteiger partial charge is 0.221 e. The molecule has 1 aliphatic rings. The molecule has 1 amide bonds. The summed E-state index contributed by atoms with van der Waals surface area (Å²) < 4.78 is 0. The van der Waals surface area contributed by atoms with Crippen LogP contribution in [0.1, 0.15) is 38.2 Å². The third kappa shape index (κ3) is 4.32. The Hall–Kier alpha value is -1.39. The molecule has 1 heterocycles. The number of nitrogens with zero attached hydrogens (tertiary/aromatic N) is 1. The number of piperidine rings is 1. The minimum absolute atomic E-state index is 0.0433. The van der Waals surface area contributed by atoms with Crippen molar-refractivity contribution in [1.82, 2.24) is 4.90 Å². The van der Waals surface area contributed by atoms with Gasteiger partial charge < -0.3 is 10.4 Å². The second-order valence-corrected chi connectivity index (χ2v) is 5.51. The van der Waals surface area contributed by atoms with Gasteiger partial charge in [-0.3, -0.25) is 9.69 Å². The number of likely N-dealkylation sites (tertiary alicyclic amines) is 1. The molecule has 1 saturated heterocycles. The minimum atomic E-state index is -0.0433. The van der Waals surface area contributed by atoms with Gasteiger partial charge in [0.15, 0.2) is 0 Å². The fraction of sp³-hybridized carbons (Fsp3) is 0.562. The molecule has 0 saturated carbocycles. The van der Waals surface area contributed by atoms with Gasteiger partial charge in [-0.2, -0.15) is 0 Å². The van der Waals surface area contributed by atoms with Crippen LogP contribution in [0.4, 0.5) is 5.69 Å². The van der Waals surface area contributed by atoms with Crippen LogP contribution in [0.25, 0.3) is 0 Å². The molecular formula is C16H24N2O2. The summed E-state index contributed by atoms with van der Waals surface area (Å²) in [6, 6.07) is 8.50. The van der Waals surface area contributed by atoms with Crippen molar-refractivity contribution in [2.45, 2.75) is 45.2 Å². The summed E-state index contributed by atoms with van der Waals surface area (Å²) in [7, 11) is 0. The highest BCUT2D eigenvalue weighted by Crippen LogP contribution is 2.22. The van der Waals surface area contributed by atoms with E-state index in [1.54, 1.807) is 0 Å². The summed E-state index contributed by atoms with van der Waals surface area (Å²) in [5, 5.41) is 12.0. The van der Waals surface area contributed by atoms with E-state index in [-0.39, 0.29) is 12.5 Å². The summed E-state index contributed by atoms with van der Waals surface area (Å²) in [4.78, 5) is 13.6. The maximum absolute atomic E-state index is 11.1. The number of amides is 1. The SMILES string of the molecule is CC(=O)Nc1cccc(CN2CCCCC2CCO)c1. The summed E-state index contributed by atoms with van der Waals surface area (Å²) in [6.45, 7) is 3.76. The van der Waals surface area contributed by atoms with E-state index in [1.165, 1.54) is 31.7 Å². The number of carbonyl (C=O) groups is 1. The topological polar surface area (TPSA) is 52.6 Å². The van der Waals surface area contributed by atoms with Crippen LogP contribution in [0.3, 0.4) is 0 Å². The fourth-order valence-electron chi connectivity index (χ4n) is 2.93. The average Bonchev–Trinajstić information content (AvgIpc) is 2.41. The van der Waals surface area contributed by atoms with Gasteiger partial charge in [0.2, 0.25) is 5.91 Å². The predicted molar refractivity (Wildman–Crippen MR) is 80.5 cm³/mol. The van der Waals surface area contributed by atoms with Crippen LogP contribution >= 0.6 is 0 Å². The minimum Gasteiger partial charge on any atom is -0.396 e. The van der Waals surface area contributed by atoms with Crippen molar-refractivity contribution in [3.63, 3.8) is 0 Å². The number of nitrogens with one attached hydrogen (secondary N) is 1. The second kappa shape index (κ2) is 7.41. The number of hydrogen-bond acceptors (Lipinski definition) is 3. The molecule has 4 heteroatoms. The van der Waals surface area contributed by atoms with Crippen LogP contribution in [-0.4, -0.2) is 35.1 Å². The van der Waals surface area contributed by atoms with Crippen LogP contribution in [0.15, 0.2) is 24.3 Å². The zero-order valence-electron chi connectivity index (χ0n) is 12.1. The first-order valence-corrected chi connectivity index (χ1v) is 7.40. The van der Waals surface area contributed by atoms with Gasteiger partial charge in [0, 0.05) is 31.8 Å². The van der Waals surface area contributed by atoms with E-state index in [9.17, 15) is 9.90 Å². The Bertz CT molecular complexity index is 446. The fourth-order valence-corrected chi connectivity index (χ4v) is 2.93. The second-order valence-electron chi connectivity index (χ2n) is 5.51. The number of benzene rings is 1. The zero-order valence-corrected chi connectivity index (χ0v) is 12.1. The van der Waals surface area contributed by atoms with Crippen LogP contribution in [0.5, 0.6) is 0 Å². The van der Waals surface area contributed by atoms with Gasteiger partial charge >= 0.3 is 0 Å². The summed E-state index contributed by atoms with van der Waals surface area (Å²) in [6.07, 6.45) is 4.51. The molecule has 0 bridgehead atoms. The molecule has 20 heavy (non-hydrogen) atoms. The molecule has 0 spiro atoms. The molecule has 1 unspecified atom stereocenters. The number of anilines is 1. The molecule has 0 aliphatic carbocycles. The quantitative estimate of drug-likeness (QED) is 0.868. The highest BCUT2D eigenvalue weighted by Gasteiger charge is 2.21. The molecule has 2 rings (SSSR count). The normalized spacial score (nSPS) is 19.8. The number of rotatable bonds is 5. The number of aliphatic hydroxyl groups is 1. The predicted octanol–water partition coefficient (Wildman–Crippen LogP) is 2.38. The Labute approximate surface area is 120 Å². The van der Waals surface area contributed by atoms with Crippen LogP contribution in [0, 0.1) is 0 Å². The molecule has 1 atom stereocenters. The van der Waals surface area contributed by atoms with Gasteiger partial charge in [-0.25, -0.2) is 0 Å². The first-order valence-electron chi connectivity index (χ1n) is 7.40. The number of hydrogen-bond donors (Lipinski definition) is 2. The number of carbonyl (C=O) groups excluding carboxylic acids is 1. The monoisotopic (exact) mass is 276 g/mol. The summed E-state index contributed by atoms with van der Waals surface area (Å²) >= 11 is 0. The lowest BCUT2D eigenvalue weighted by molar-refractivity contribution is -0.114. The highest BCUT2D eigenvalue weighted by molar-refractivity contribution is 5.88. The molecule has 1 aromatic rings. The van der Waals surface area contributed by atoms with E-state index in [1.807, 2.05) is 18.2 Å². The molecule has 1 aliphatic heterocycles. The Morgan fingerprint density at radius 3 is 3.05 bits per heavy atom. The van der Waals surface area contributed by atoms with Gasteiger partial charge in [-0.1, -0.05) is 18.6 Å². The number of aliphatic hydroxyl groups excluding tert-OH is 1. The molecule has 110 valence electrons. The van der Waals surface area contributed by atoms with Gasteiger partial charge in [0.1, 0.15) is 0 Å². The standard InChI is InChI=1S/C16H24N2O2/c1-13(20)17-15-6-4-5-14(11-15)12-18-9-3-2-7-16(18)8-10-19/h4-6,11,16,19H,2-3,7-10,12H2,1H3,(H,17,20). The Morgan fingerprint density at radius 1 is 1.45 bits per heavy atom. The van der Waals surface area contributed by atoms with Crippen molar-refractivity contribution < 1.29 is 9.90 Å². The van der Waals surface area contributed by atoms with Gasteiger partial charge in [-0.15, -0.1) is 0 Å². The van der Waals surface area contributed by atoms with Crippen molar-refractivity contribution in [1.29, 1.82) is 0 Å². The molecule has 4 nitrogen and oxygen atoms in total. The lowest BCUT2D eigenvalue weighted by Gasteiger charge is -2.35. The van der Waals surface area contributed by atoms with Crippen molar-refractivity contribution in [2.24, 2.45) is 0 Å². The largest absolute Gasteiger partial charge is 0.396 e. The third-order valence-electron chi connectivity index (χ3n) is 3.84. The molecule has 0 aromatic heterocycles. The Balaban J connectivity index is 2.02. The molecule has 2 N–H and O–H groups in total. The van der Waals surface area contributed by atoms with E-state index < -0.39 is 0 Å². The first-order chi connectivity index (χ1) is 9.69. The maximum atomic E-state index is 11.1. The summed E-state index contributed by atoms with van der Waals surface area (Å²) in [5.41, 5.74) is 2.06. The van der Waals surface area contributed by atoms with Crippen LogP contribution in [-0.2, 0) is 11.3 Å². The average molecular weight is 276 g/mol. The van der Waals surface area contributed by atoms with E-state index in [2.05, 4.69) is 16.3 Å². The summed E-state index contributed by atoms with van der Waals surface area (Å²) in [5.74, 6) is -0.0433. The lowest BCUT2D eigenvalue weighted by Crippen LogP contribution is -2.39. The first kappa shape index (κ1) is 15.0.